The zero-order valence-electron chi connectivity index (χ0n) is 17.4. The van der Waals surface area contributed by atoms with Gasteiger partial charge < -0.3 is 10.4 Å². The van der Waals surface area contributed by atoms with E-state index < -0.39 is 10.0 Å². The van der Waals surface area contributed by atoms with Gasteiger partial charge in [0.15, 0.2) is 0 Å². The molecule has 3 N–H and O–H groups in total. The third kappa shape index (κ3) is 7.86. The molecule has 0 spiro atoms. The van der Waals surface area contributed by atoms with E-state index in [-0.39, 0.29) is 30.5 Å². The first-order valence-corrected chi connectivity index (χ1v) is 12.2. The Morgan fingerprint density at radius 2 is 1.73 bits per heavy atom. The lowest BCUT2D eigenvalue weighted by atomic mass is 9.97. The van der Waals surface area contributed by atoms with Crippen LogP contribution in [0.3, 0.4) is 0 Å². The van der Waals surface area contributed by atoms with Crippen LogP contribution in [0.4, 0.5) is 11.9 Å². The predicted molar refractivity (Wildman–Crippen MR) is 121 cm³/mol. The lowest BCUT2D eigenvalue weighted by Gasteiger charge is -2.19. The van der Waals surface area contributed by atoms with Crippen molar-refractivity contribution in [2.75, 3.05) is 22.9 Å². The Kier molecular flexibility index (Phi) is 8.66. The second-order valence-corrected chi connectivity index (χ2v) is 10.3. The number of aliphatic hydroxyl groups is 1. The fraction of sp³-hybridized carbons (Fsp3) is 0.526. The maximum Gasteiger partial charge on any atom is 0.241 e. The van der Waals surface area contributed by atoms with Crippen molar-refractivity contribution in [3.8, 4) is 0 Å². The minimum atomic E-state index is -3.57. The second-order valence-electron chi connectivity index (χ2n) is 7.71. The van der Waals surface area contributed by atoms with Crippen molar-refractivity contribution in [2.24, 2.45) is 5.92 Å². The summed E-state index contributed by atoms with van der Waals surface area (Å²) in [5.41, 5.74) is 0.949. The van der Waals surface area contributed by atoms with Gasteiger partial charge in [-0.25, -0.2) is 8.42 Å². The van der Waals surface area contributed by atoms with Gasteiger partial charge in [0, 0.05) is 6.42 Å². The van der Waals surface area contributed by atoms with Crippen molar-refractivity contribution in [3.05, 3.63) is 39.6 Å². The first-order chi connectivity index (χ1) is 14.0. The summed E-state index contributed by atoms with van der Waals surface area (Å²) < 4.78 is 25.6. The quantitative estimate of drug-likeness (QED) is 0.479. The standard InChI is InChI=1S/C19H27Cl2N5O3S/c1-11(2)7-14(10-27)22-18-23-17(24-19(25-18)26-30(4,28)29)8-12(3)13-5-6-15(20)16(21)9-13/h5-6,9,11-12,14,27H,7-8,10H2,1-4H3,(H2,22,23,24,25,26). The van der Waals surface area contributed by atoms with Gasteiger partial charge in [-0.05, 0) is 36.0 Å². The molecule has 166 valence electrons. The molecule has 1 aromatic heterocycles. The van der Waals surface area contributed by atoms with E-state index in [9.17, 15) is 13.5 Å². The van der Waals surface area contributed by atoms with Crippen LogP contribution in [0.15, 0.2) is 18.2 Å². The molecule has 30 heavy (non-hydrogen) atoms. The number of sulfonamides is 1. The van der Waals surface area contributed by atoms with Crippen LogP contribution in [0.25, 0.3) is 0 Å². The number of benzene rings is 1. The molecule has 2 rings (SSSR count). The largest absolute Gasteiger partial charge is 0.394 e. The predicted octanol–water partition coefficient (Wildman–Crippen LogP) is 3.72. The molecule has 2 unspecified atom stereocenters. The monoisotopic (exact) mass is 475 g/mol. The SMILES string of the molecule is CC(C)CC(CO)Nc1nc(CC(C)c2ccc(Cl)c(Cl)c2)nc(NS(C)(=O)=O)n1. The molecule has 0 radical (unpaired) electrons. The highest BCUT2D eigenvalue weighted by Crippen LogP contribution is 2.28. The summed E-state index contributed by atoms with van der Waals surface area (Å²) in [5, 5.41) is 13.6. The van der Waals surface area contributed by atoms with E-state index in [0.717, 1.165) is 11.8 Å². The summed E-state index contributed by atoms with van der Waals surface area (Å²) in [7, 11) is -3.57. The molecule has 11 heteroatoms. The minimum absolute atomic E-state index is 0.00889. The second kappa shape index (κ2) is 10.6. The van der Waals surface area contributed by atoms with E-state index >= 15 is 0 Å². The molecule has 8 nitrogen and oxygen atoms in total. The van der Waals surface area contributed by atoms with Gasteiger partial charge in [0.2, 0.25) is 21.9 Å². The Hall–Kier alpha value is -1.68. The fourth-order valence-electron chi connectivity index (χ4n) is 2.93. The number of hydrogen-bond donors (Lipinski definition) is 3. The number of nitrogens with one attached hydrogen (secondary N) is 2. The number of halogens is 2. The highest BCUT2D eigenvalue weighted by Gasteiger charge is 2.17. The molecule has 1 aromatic carbocycles. The highest BCUT2D eigenvalue weighted by atomic mass is 35.5. The fourth-order valence-corrected chi connectivity index (χ4v) is 3.66. The summed E-state index contributed by atoms with van der Waals surface area (Å²) in [4.78, 5) is 12.8. The van der Waals surface area contributed by atoms with E-state index in [1.54, 1.807) is 12.1 Å². The Labute approximate surface area is 187 Å². The molecule has 0 saturated heterocycles. The van der Waals surface area contributed by atoms with Crippen molar-refractivity contribution in [2.45, 2.75) is 45.6 Å². The summed E-state index contributed by atoms with van der Waals surface area (Å²) in [6, 6.07) is 5.12. The van der Waals surface area contributed by atoms with Crippen molar-refractivity contribution < 1.29 is 13.5 Å². The van der Waals surface area contributed by atoms with Gasteiger partial charge in [0.05, 0.1) is 28.9 Å². The minimum Gasteiger partial charge on any atom is -0.394 e. The van der Waals surface area contributed by atoms with Gasteiger partial charge in [-0.15, -0.1) is 0 Å². The van der Waals surface area contributed by atoms with Gasteiger partial charge >= 0.3 is 0 Å². The number of hydrogen-bond acceptors (Lipinski definition) is 7. The normalized spacial score (nSPS) is 13.9. The molecule has 0 aliphatic carbocycles. The van der Waals surface area contributed by atoms with Crippen LogP contribution in [0, 0.1) is 5.92 Å². The molecule has 0 bridgehead atoms. The molecule has 0 saturated carbocycles. The topological polar surface area (TPSA) is 117 Å². The summed E-state index contributed by atoms with van der Waals surface area (Å²) in [5.74, 6) is 0.864. The van der Waals surface area contributed by atoms with Crippen LogP contribution >= 0.6 is 23.2 Å². The maximum absolute atomic E-state index is 11.7. The molecular formula is C19H27Cl2N5O3S. The van der Waals surface area contributed by atoms with E-state index in [4.69, 9.17) is 23.2 Å². The van der Waals surface area contributed by atoms with Crippen LogP contribution in [-0.2, 0) is 16.4 Å². The molecule has 1 heterocycles. The van der Waals surface area contributed by atoms with Crippen LogP contribution in [-0.4, -0.2) is 47.4 Å². The number of anilines is 2. The van der Waals surface area contributed by atoms with Crippen molar-refractivity contribution in [1.82, 2.24) is 15.0 Å². The van der Waals surface area contributed by atoms with Crippen molar-refractivity contribution in [3.63, 3.8) is 0 Å². The Balaban J connectivity index is 2.31. The summed E-state index contributed by atoms with van der Waals surface area (Å²) >= 11 is 12.1. The van der Waals surface area contributed by atoms with E-state index in [0.29, 0.717) is 34.6 Å². The van der Waals surface area contributed by atoms with Crippen LogP contribution in [0.1, 0.15) is 44.5 Å². The number of aromatic nitrogens is 3. The number of aliphatic hydroxyl groups excluding tert-OH is 1. The van der Waals surface area contributed by atoms with Crippen LogP contribution in [0.5, 0.6) is 0 Å². The van der Waals surface area contributed by atoms with Crippen molar-refractivity contribution >= 4 is 45.1 Å². The average Bonchev–Trinajstić information content (AvgIpc) is 2.61. The number of rotatable bonds is 10. The van der Waals surface area contributed by atoms with Crippen LogP contribution in [0.2, 0.25) is 10.0 Å². The smallest absolute Gasteiger partial charge is 0.241 e. The van der Waals surface area contributed by atoms with Gasteiger partial charge in [0.1, 0.15) is 5.82 Å². The summed E-state index contributed by atoms with van der Waals surface area (Å²) in [6.45, 7) is 5.96. The van der Waals surface area contributed by atoms with Gasteiger partial charge in [0.25, 0.3) is 0 Å². The van der Waals surface area contributed by atoms with Gasteiger partial charge in [-0.3, -0.25) is 4.72 Å². The average molecular weight is 476 g/mol. The van der Waals surface area contributed by atoms with Crippen LogP contribution < -0.4 is 10.0 Å². The summed E-state index contributed by atoms with van der Waals surface area (Å²) in [6.07, 6.45) is 2.14. The van der Waals surface area contributed by atoms with E-state index in [2.05, 4.69) is 25.0 Å². The lowest BCUT2D eigenvalue weighted by molar-refractivity contribution is 0.259. The first kappa shape index (κ1) is 24.6. The van der Waals surface area contributed by atoms with E-state index in [1.165, 1.54) is 0 Å². The van der Waals surface area contributed by atoms with Gasteiger partial charge in [-0.1, -0.05) is 50.0 Å². The highest BCUT2D eigenvalue weighted by molar-refractivity contribution is 7.91. The Morgan fingerprint density at radius 1 is 1.07 bits per heavy atom. The molecule has 0 aliphatic heterocycles. The number of nitrogens with zero attached hydrogens (tertiary/aromatic N) is 3. The third-order valence-corrected chi connectivity index (χ3v) is 5.56. The molecule has 0 amide bonds. The van der Waals surface area contributed by atoms with Gasteiger partial charge in [-0.2, -0.15) is 15.0 Å². The lowest BCUT2D eigenvalue weighted by Crippen LogP contribution is -2.27. The zero-order chi connectivity index (χ0) is 22.5. The Bertz CT molecular complexity index is 973. The first-order valence-electron chi connectivity index (χ1n) is 9.52. The van der Waals surface area contributed by atoms with E-state index in [1.807, 2.05) is 26.8 Å². The third-order valence-electron chi connectivity index (χ3n) is 4.27. The molecule has 2 aromatic rings. The zero-order valence-corrected chi connectivity index (χ0v) is 19.7. The molecule has 2 atom stereocenters. The molecule has 0 fully saturated rings. The maximum atomic E-state index is 11.7. The Morgan fingerprint density at radius 3 is 2.30 bits per heavy atom. The molecule has 0 aliphatic rings. The van der Waals surface area contributed by atoms with Crippen molar-refractivity contribution in [1.29, 1.82) is 0 Å². The molecular weight excluding hydrogens is 449 g/mol.